The van der Waals surface area contributed by atoms with Gasteiger partial charge in [-0.05, 0) is 34.9 Å². The number of carbonyl (C=O) groups is 3. The van der Waals surface area contributed by atoms with Crippen LogP contribution in [0.25, 0.3) is 0 Å². The highest BCUT2D eigenvalue weighted by molar-refractivity contribution is 5.87. The Bertz CT molecular complexity index is 458. The second-order valence-corrected chi connectivity index (χ2v) is 6.82. The minimum absolute atomic E-state index is 0.0613. The van der Waals surface area contributed by atoms with Crippen molar-refractivity contribution in [1.82, 2.24) is 15.1 Å². The van der Waals surface area contributed by atoms with E-state index >= 15 is 0 Å². The number of hydrogen-bond donors (Lipinski definition) is 2. The molecule has 2 amide bonds. The highest BCUT2D eigenvalue weighted by atomic mass is 16.6. The van der Waals surface area contributed by atoms with Crippen molar-refractivity contribution in [3.8, 4) is 0 Å². The second kappa shape index (κ2) is 6.51. The van der Waals surface area contributed by atoms with Crippen molar-refractivity contribution in [3.63, 3.8) is 0 Å². The Kier molecular flexibility index (Phi) is 5.39. The Labute approximate surface area is 130 Å². The Morgan fingerprint density at radius 3 is 2.36 bits per heavy atom. The van der Waals surface area contributed by atoms with Crippen LogP contribution >= 0.6 is 0 Å². The predicted molar refractivity (Wildman–Crippen MR) is 79.5 cm³/mol. The van der Waals surface area contributed by atoms with Crippen molar-refractivity contribution in [2.75, 3.05) is 33.7 Å². The average molecular weight is 315 g/mol. The van der Waals surface area contributed by atoms with Gasteiger partial charge in [-0.25, -0.2) is 9.59 Å². The summed E-state index contributed by atoms with van der Waals surface area (Å²) in [5, 5.41) is 11.9. The molecule has 1 aliphatic rings. The zero-order valence-electron chi connectivity index (χ0n) is 13.8. The van der Waals surface area contributed by atoms with Crippen LogP contribution in [0.1, 0.15) is 27.2 Å². The molecule has 1 heterocycles. The number of likely N-dealkylation sites (N-methyl/N-ethyl adjacent to an activating group) is 1. The fourth-order valence-electron chi connectivity index (χ4n) is 2.22. The molecule has 8 heteroatoms. The van der Waals surface area contributed by atoms with Crippen molar-refractivity contribution in [2.45, 2.75) is 38.3 Å². The second-order valence-electron chi connectivity index (χ2n) is 6.82. The number of nitrogens with one attached hydrogen (secondary N) is 1. The minimum atomic E-state index is -1.50. The van der Waals surface area contributed by atoms with Gasteiger partial charge >= 0.3 is 12.1 Å². The van der Waals surface area contributed by atoms with Gasteiger partial charge in [0.2, 0.25) is 5.91 Å². The number of carbonyl (C=O) groups excluding carboxylic acids is 2. The topological polar surface area (TPSA) is 99.2 Å². The highest BCUT2D eigenvalue weighted by Gasteiger charge is 2.48. The number of hydrogen-bond acceptors (Lipinski definition) is 5. The van der Waals surface area contributed by atoms with Gasteiger partial charge in [0.05, 0.1) is 13.1 Å². The lowest BCUT2D eigenvalue weighted by Crippen LogP contribution is -2.57. The number of carboxylic acid groups (broad SMARTS) is 1. The molecule has 1 atom stereocenters. The van der Waals surface area contributed by atoms with E-state index in [9.17, 15) is 19.5 Å². The third-order valence-electron chi connectivity index (χ3n) is 3.22. The van der Waals surface area contributed by atoms with Crippen molar-refractivity contribution >= 4 is 18.0 Å². The summed E-state index contributed by atoms with van der Waals surface area (Å²) in [4.78, 5) is 38.7. The molecule has 1 aliphatic heterocycles. The van der Waals surface area contributed by atoms with Gasteiger partial charge in [-0.1, -0.05) is 0 Å². The van der Waals surface area contributed by atoms with E-state index < -0.39 is 23.2 Å². The molecule has 0 spiro atoms. The molecule has 1 saturated heterocycles. The number of aliphatic carboxylic acids is 1. The van der Waals surface area contributed by atoms with E-state index in [2.05, 4.69) is 5.32 Å². The first-order valence-corrected chi connectivity index (χ1v) is 7.12. The minimum Gasteiger partial charge on any atom is -0.479 e. The smallest absolute Gasteiger partial charge is 0.408 e. The van der Waals surface area contributed by atoms with E-state index in [4.69, 9.17) is 4.74 Å². The van der Waals surface area contributed by atoms with Crippen LogP contribution in [0.2, 0.25) is 0 Å². The average Bonchev–Trinajstić information content (AvgIpc) is 2.70. The fourth-order valence-corrected chi connectivity index (χ4v) is 2.22. The molecular weight excluding hydrogens is 290 g/mol. The van der Waals surface area contributed by atoms with Crippen LogP contribution in [0.4, 0.5) is 4.79 Å². The molecule has 126 valence electrons. The summed E-state index contributed by atoms with van der Waals surface area (Å²) in [7, 11) is 3.52. The maximum absolute atomic E-state index is 12.0. The van der Waals surface area contributed by atoms with E-state index in [1.165, 1.54) is 4.90 Å². The van der Waals surface area contributed by atoms with Crippen LogP contribution in [0, 0.1) is 0 Å². The van der Waals surface area contributed by atoms with Crippen LogP contribution in [-0.4, -0.2) is 77.7 Å². The summed E-state index contributed by atoms with van der Waals surface area (Å²) in [6.07, 6.45) is -0.641. The molecule has 0 aromatic carbocycles. The fraction of sp³-hybridized carbons (Fsp3) is 0.786. The largest absolute Gasteiger partial charge is 0.479 e. The predicted octanol–water partition coefficient (Wildman–Crippen LogP) is 0.128. The van der Waals surface area contributed by atoms with Crippen molar-refractivity contribution in [2.24, 2.45) is 0 Å². The van der Waals surface area contributed by atoms with E-state index in [0.717, 1.165) is 0 Å². The quantitative estimate of drug-likeness (QED) is 0.765. The van der Waals surface area contributed by atoms with Crippen LogP contribution in [0.3, 0.4) is 0 Å². The molecular formula is C14H25N3O5. The molecule has 0 radical (unpaired) electrons. The van der Waals surface area contributed by atoms with Crippen LogP contribution in [0.5, 0.6) is 0 Å². The zero-order chi connectivity index (χ0) is 17.1. The Morgan fingerprint density at radius 2 is 1.91 bits per heavy atom. The maximum atomic E-state index is 12.0. The van der Waals surface area contributed by atoms with Gasteiger partial charge in [0, 0.05) is 13.0 Å². The lowest BCUT2D eigenvalue weighted by Gasteiger charge is -2.28. The monoisotopic (exact) mass is 315 g/mol. The zero-order valence-corrected chi connectivity index (χ0v) is 13.8. The number of carboxylic acids is 1. The number of nitrogens with zero attached hydrogens (tertiary/aromatic N) is 2. The Balaban J connectivity index is 2.77. The van der Waals surface area contributed by atoms with Crippen molar-refractivity contribution < 1.29 is 24.2 Å². The normalized spacial score (nSPS) is 21.8. The third-order valence-corrected chi connectivity index (χ3v) is 3.22. The SMILES string of the molecule is CN(C)CC(=O)N1CCC(NC(=O)OC(C)(C)C)(C(=O)O)C1. The summed E-state index contributed by atoms with van der Waals surface area (Å²) < 4.78 is 5.11. The highest BCUT2D eigenvalue weighted by Crippen LogP contribution is 2.23. The van der Waals surface area contributed by atoms with E-state index in [1.807, 2.05) is 0 Å². The molecule has 2 N–H and O–H groups in total. The van der Waals surface area contributed by atoms with Gasteiger partial charge in [-0.3, -0.25) is 4.79 Å². The number of rotatable bonds is 4. The summed E-state index contributed by atoms with van der Waals surface area (Å²) in [5.41, 5.74) is -2.22. The van der Waals surface area contributed by atoms with Gasteiger partial charge in [-0.15, -0.1) is 0 Å². The Hall–Kier alpha value is -1.83. The lowest BCUT2D eigenvalue weighted by molar-refractivity contribution is -0.144. The number of alkyl carbamates (subject to hydrolysis) is 1. The summed E-state index contributed by atoms with van der Waals surface area (Å²) in [6.45, 7) is 5.51. The van der Waals surface area contributed by atoms with Gasteiger partial charge in [0.25, 0.3) is 0 Å². The van der Waals surface area contributed by atoms with E-state index in [0.29, 0.717) is 0 Å². The van der Waals surface area contributed by atoms with E-state index in [-0.39, 0.29) is 32.0 Å². The first-order chi connectivity index (χ1) is 9.95. The summed E-state index contributed by atoms with van der Waals surface area (Å²) >= 11 is 0. The van der Waals surface area contributed by atoms with Gasteiger partial charge in [-0.2, -0.15) is 0 Å². The molecule has 0 saturated carbocycles. The molecule has 1 rings (SSSR count). The number of likely N-dealkylation sites (tertiary alicyclic amines) is 1. The van der Waals surface area contributed by atoms with Crippen molar-refractivity contribution in [3.05, 3.63) is 0 Å². The lowest BCUT2D eigenvalue weighted by atomic mass is 9.99. The first kappa shape index (κ1) is 18.2. The van der Waals surface area contributed by atoms with Crippen molar-refractivity contribution in [1.29, 1.82) is 0 Å². The standard InChI is InChI=1S/C14H25N3O5/c1-13(2,3)22-12(21)15-14(11(19)20)6-7-17(9-14)10(18)8-16(4)5/h6-9H2,1-5H3,(H,15,21)(H,19,20). The molecule has 0 aromatic rings. The maximum Gasteiger partial charge on any atom is 0.408 e. The summed E-state index contributed by atoms with van der Waals surface area (Å²) in [5.74, 6) is -1.34. The molecule has 1 unspecified atom stereocenters. The molecule has 22 heavy (non-hydrogen) atoms. The van der Waals surface area contributed by atoms with Gasteiger partial charge < -0.3 is 25.0 Å². The summed E-state index contributed by atoms with van der Waals surface area (Å²) in [6, 6.07) is 0. The first-order valence-electron chi connectivity index (χ1n) is 7.12. The Morgan fingerprint density at radius 1 is 1.32 bits per heavy atom. The molecule has 1 fully saturated rings. The van der Waals surface area contributed by atoms with Crippen LogP contribution < -0.4 is 5.32 Å². The van der Waals surface area contributed by atoms with Crippen LogP contribution in [0.15, 0.2) is 0 Å². The molecule has 8 nitrogen and oxygen atoms in total. The van der Waals surface area contributed by atoms with Gasteiger partial charge in [0.15, 0.2) is 5.54 Å². The number of amides is 2. The number of ether oxygens (including phenoxy) is 1. The molecule has 0 bridgehead atoms. The van der Waals surface area contributed by atoms with Crippen LogP contribution in [-0.2, 0) is 14.3 Å². The van der Waals surface area contributed by atoms with Gasteiger partial charge in [0.1, 0.15) is 5.60 Å². The molecule has 0 aromatic heterocycles. The molecule has 0 aliphatic carbocycles. The van der Waals surface area contributed by atoms with E-state index in [1.54, 1.807) is 39.8 Å². The third kappa shape index (κ3) is 4.87.